The number of nitrogens with two attached hydrogens (primary N) is 1. The zero-order valence-corrected chi connectivity index (χ0v) is 24.7. The van der Waals surface area contributed by atoms with Crippen molar-refractivity contribution in [2.24, 2.45) is 22.6 Å². The van der Waals surface area contributed by atoms with Gasteiger partial charge in [-0.2, -0.15) is 4.98 Å². The average Bonchev–Trinajstić information content (AvgIpc) is 2.95. The van der Waals surface area contributed by atoms with Gasteiger partial charge in [-0.1, -0.05) is 58.0 Å². The number of hydrogen-bond donors (Lipinski definition) is 1. The van der Waals surface area contributed by atoms with Crippen LogP contribution in [0.15, 0.2) is 58.5 Å². The molecular weight excluding hydrogens is 545 g/mol. The van der Waals surface area contributed by atoms with Crippen LogP contribution < -0.4 is 16.3 Å². The summed E-state index contributed by atoms with van der Waals surface area (Å²) in [5.74, 6) is -0.485. The highest BCUT2D eigenvalue weighted by atomic mass is 35.5. The van der Waals surface area contributed by atoms with E-state index in [9.17, 15) is 14.0 Å². The van der Waals surface area contributed by atoms with Crippen molar-refractivity contribution in [2.45, 2.75) is 27.7 Å². The minimum atomic E-state index is -0.605. The first kappa shape index (κ1) is 29.9. The number of halogens is 2. The molecule has 0 spiro atoms. The zero-order valence-electron chi connectivity index (χ0n) is 24.0. The topological polar surface area (TPSA) is 110 Å². The summed E-state index contributed by atoms with van der Waals surface area (Å²) in [6.07, 6.45) is 1.28. The highest BCUT2D eigenvalue weighted by Gasteiger charge is 2.28. The van der Waals surface area contributed by atoms with E-state index in [1.54, 1.807) is 36.2 Å². The number of amides is 1. The third-order valence-corrected chi connectivity index (χ3v) is 7.43. The molecule has 0 atom stereocenters. The van der Waals surface area contributed by atoms with Crippen molar-refractivity contribution >= 4 is 45.8 Å². The Morgan fingerprint density at radius 3 is 2.34 bits per heavy atom. The second kappa shape index (κ2) is 12.2. The molecule has 41 heavy (non-hydrogen) atoms. The number of allylic oxidation sites excluding steroid dienone is 2. The Balaban J connectivity index is 2.07. The number of carbonyl (C=O) groups excluding carboxylic acids is 1. The van der Waals surface area contributed by atoms with Crippen LogP contribution in [-0.4, -0.2) is 64.3 Å². The average molecular weight is 580 g/mol. The van der Waals surface area contributed by atoms with Gasteiger partial charge in [0.1, 0.15) is 11.6 Å². The van der Waals surface area contributed by atoms with Crippen LogP contribution in [0.4, 0.5) is 10.2 Å². The molecule has 9 nitrogen and oxygen atoms in total. The van der Waals surface area contributed by atoms with Gasteiger partial charge in [0.05, 0.1) is 27.5 Å². The second-order valence-corrected chi connectivity index (χ2v) is 10.9. The molecule has 1 fully saturated rings. The van der Waals surface area contributed by atoms with Crippen molar-refractivity contribution in [3.05, 3.63) is 70.0 Å². The van der Waals surface area contributed by atoms with Crippen LogP contribution in [0.5, 0.6) is 0 Å². The molecule has 1 aromatic carbocycles. The van der Waals surface area contributed by atoms with E-state index in [0.717, 1.165) is 0 Å². The van der Waals surface area contributed by atoms with Gasteiger partial charge < -0.3 is 15.5 Å². The number of aromatic nitrogens is 3. The lowest BCUT2D eigenvalue weighted by Gasteiger charge is -2.35. The molecule has 3 heterocycles. The van der Waals surface area contributed by atoms with Crippen molar-refractivity contribution < 1.29 is 9.18 Å². The molecular formula is C30H35ClFN7O2. The monoisotopic (exact) mass is 579 g/mol. The van der Waals surface area contributed by atoms with E-state index < -0.39 is 11.5 Å². The number of benzene rings is 1. The highest BCUT2D eigenvalue weighted by Crippen LogP contribution is 2.35. The summed E-state index contributed by atoms with van der Waals surface area (Å²) >= 11 is 6.74. The second-order valence-electron chi connectivity index (χ2n) is 10.5. The molecule has 4 rings (SSSR count). The van der Waals surface area contributed by atoms with E-state index in [2.05, 4.69) is 16.6 Å². The van der Waals surface area contributed by atoms with Crippen LogP contribution in [0.25, 0.3) is 28.0 Å². The van der Waals surface area contributed by atoms with Crippen LogP contribution in [0.2, 0.25) is 5.02 Å². The summed E-state index contributed by atoms with van der Waals surface area (Å²) in [5.41, 5.74) is 8.11. The fourth-order valence-electron chi connectivity index (χ4n) is 4.96. The minimum absolute atomic E-state index is 0.0808. The van der Waals surface area contributed by atoms with E-state index in [-0.39, 0.29) is 39.7 Å². The van der Waals surface area contributed by atoms with Gasteiger partial charge in [-0.05, 0) is 36.1 Å². The lowest BCUT2D eigenvalue weighted by molar-refractivity contribution is -0.126. The van der Waals surface area contributed by atoms with Crippen LogP contribution in [0, 0.1) is 17.7 Å². The lowest BCUT2D eigenvalue weighted by atomic mass is 9.99. The largest absolute Gasteiger partial charge is 0.400 e. The van der Waals surface area contributed by atoms with E-state index in [1.807, 2.05) is 32.6 Å². The molecule has 216 valence electrons. The molecule has 1 amide bonds. The number of anilines is 1. The fraction of sp³-hybridized carbons (Fsp3) is 0.367. The molecule has 2 N–H and O–H groups in total. The summed E-state index contributed by atoms with van der Waals surface area (Å²) < 4.78 is 16.3. The third-order valence-electron chi connectivity index (χ3n) is 7.15. The Morgan fingerprint density at radius 1 is 1.12 bits per heavy atom. The molecule has 1 aliphatic heterocycles. The van der Waals surface area contributed by atoms with Crippen molar-refractivity contribution in [1.82, 2.24) is 19.4 Å². The summed E-state index contributed by atoms with van der Waals surface area (Å²) in [5, 5.41) is 0.693. The predicted molar refractivity (Wildman–Crippen MR) is 164 cm³/mol. The van der Waals surface area contributed by atoms with E-state index in [0.29, 0.717) is 54.5 Å². The van der Waals surface area contributed by atoms with Crippen LogP contribution in [0.3, 0.4) is 0 Å². The number of fused-ring (bicyclic) bond motifs is 1. The summed E-state index contributed by atoms with van der Waals surface area (Å²) in [7, 11) is 1.65. The van der Waals surface area contributed by atoms with Crippen molar-refractivity contribution in [1.29, 1.82) is 0 Å². The minimum Gasteiger partial charge on any atom is -0.400 e. The quantitative estimate of drug-likeness (QED) is 0.324. The molecule has 2 aromatic heterocycles. The Hall–Kier alpha value is -4.05. The standard InChI is InChI=1S/C30H35ClFN7O2/c1-7-23(40)37-12-14-38(15-13-37)28-20-16-21(31)26(19-10-8-9-11-22(19)32)35-29(20)39(30(41)36-28)27(24(33)17(2)3)25(34-6)18(4)5/h7-11,16-18H,1,12-15,33H2,2-6H3. The summed E-state index contributed by atoms with van der Waals surface area (Å²) in [4.78, 5) is 43.6. The van der Waals surface area contributed by atoms with Gasteiger partial charge in [0, 0.05) is 44.5 Å². The number of carbonyl (C=O) groups is 1. The summed E-state index contributed by atoms with van der Waals surface area (Å²) in [6.45, 7) is 13.1. The van der Waals surface area contributed by atoms with Crippen molar-refractivity contribution in [2.75, 3.05) is 38.1 Å². The molecule has 0 bridgehead atoms. The maximum atomic E-state index is 14.9. The molecule has 0 unspecified atom stereocenters. The van der Waals surface area contributed by atoms with Crippen LogP contribution >= 0.6 is 11.6 Å². The number of hydrogen-bond acceptors (Lipinski definition) is 7. The van der Waals surface area contributed by atoms with E-state index >= 15 is 0 Å². The number of pyridine rings is 1. The third kappa shape index (κ3) is 5.74. The van der Waals surface area contributed by atoms with Gasteiger partial charge in [0.25, 0.3) is 0 Å². The maximum absolute atomic E-state index is 14.9. The first-order valence-electron chi connectivity index (χ1n) is 13.5. The van der Waals surface area contributed by atoms with Gasteiger partial charge in [0.15, 0.2) is 5.65 Å². The molecule has 1 aliphatic rings. The van der Waals surface area contributed by atoms with Crippen molar-refractivity contribution in [3.63, 3.8) is 0 Å². The van der Waals surface area contributed by atoms with Gasteiger partial charge >= 0.3 is 5.69 Å². The summed E-state index contributed by atoms with van der Waals surface area (Å²) in [6, 6.07) is 7.85. The van der Waals surface area contributed by atoms with Crippen LogP contribution in [0.1, 0.15) is 27.7 Å². The number of aliphatic imine (C=N–C) groups is 1. The first-order chi connectivity index (χ1) is 19.5. The van der Waals surface area contributed by atoms with Gasteiger partial charge in [0.2, 0.25) is 5.91 Å². The molecule has 1 saturated heterocycles. The highest BCUT2D eigenvalue weighted by molar-refractivity contribution is 6.34. The van der Waals surface area contributed by atoms with Gasteiger partial charge in [-0.25, -0.2) is 18.7 Å². The Labute approximate surface area is 243 Å². The maximum Gasteiger partial charge on any atom is 0.355 e. The van der Waals surface area contributed by atoms with Gasteiger partial charge in [-0.15, -0.1) is 0 Å². The number of nitrogens with zero attached hydrogens (tertiary/aromatic N) is 6. The smallest absolute Gasteiger partial charge is 0.355 e. The van der Waals surface area contributed by atoms with E-state index in [4.69, 9.17) is 22.3 Å². The van der Waals surface area contributed by atoms with E-state index in [1.165, 1.54) is 16.7 Å². The lowest BCUT2D eigenvalue weighted by Crippen LogP contribution is -2.49. The Bertz CT molecular complexity index is 1620. The predicted octanol–water partition coefficient (Wildman–Crippen LogP) is 4.60. The fourth-order valence-corrected chi connectivity index (χ4v) is 5.21. The van der Waals surface area contributed by atoms with Crippen molar-refractivity contribution in [3.8, 4) is 11.3 Å². The first-order valence-corrected chi connectivity index (χ1v) is 13.9. The SMILES string of the molecule is C=CC(=O)N1CCN(c2nc(=O)n(C(C(=NC)C(C)C)=C(N)C(C)C)c3nc(-c4ccccc4F)c(Cl)cc23)CC1. The number of rotatable bonds is 7. The zero-order chi connectivity index (χ0) is 30.0. The Kier molecular flexibility index (Phi) is 8.92. The Morgan fingerprint density at radius 2 is 1.78 bits per heavy atom. The normalized spacial score (nSPS) is 15.1. The van der Waals surface area contributed by atoms with Crippen LogP contribution in [-0.2, 0) is 4.79 Å². The molecule has 0 radical (unpaired) electrons. The molecule has 0 aliphatic carbocycles. The van der Waals surface area contributed by atoms with Gasteiger partial charge in [-0.3, -0.25) is 9.79 Å². The molecule has 11 heteroatoms. The molecule has 3 aromatic rings. The molecule has 0 saturated carbocycles. The number of piperazine rings is 1.